The first-order valence-corrected chi connectivity index (χ1v) is 9.34. The molecule has 146 valence electrons. The SMILES string of the molecule is CC(C)(Nc1ncc(-c2ncc(CNC(=O)CN)s2)cn1)c1ncccc1F. The number of carbonyl (C=O) groups is 1. The van der Waals surface area contributed by atoms with E-state index in [1.165, 1.54) is 17.4 Å². The summed E-state index contributed by atoms with van der Waals surface area (Å²) in [5, 5.41) is 6.53. The van der Waals surface area contributed by atoms with Crippen molar-refractivity contribution < 1.29 is 9.18 Å². The summed E-state index contributed by atoms with van der Waals surface area (Å²) in [4.78, 5) is 29.2. The third kappa shape index (κ3) is 4.65. The first-order chi connectivity index (χ1) is 13.4. The van der Waals surface area contributed by atoms with Gasteiger partial charge < -0.3 is 16.4 Å². The normalized spacial score (nSPS) is 11.3. The van der Waals surface area contributed by atoms with Gasteiger partial charge in [-0.3, -0.25) is 9.78 Å². The summed E-state index contributed by atoms with van der Waals surface area (Å²) in [6.07, 6.45) is 6.51. The zero-order chi connectivity index (χ0) is 20.1. The summed E-state index contributed by atoms with van der Waals surface area (Å²) in [7, 11) is 0. The molecule has 28 heavy (non-hydrogen) atoms. The number of hydrogen-bond acceptors (Lipinski definition) is 8. The predicted octanol–water partition coefficient (Wildman–Crippen LogP) is 2.06. The topological polar surface area (TPSA) is 119 Å². The number of nitrogens with one attached hydrogen (secondary N) is 2. The van der Waals surface area contributed by atoms with Crippen molar-refractivity contribution in [1.29, 1.82) is 0 Å². The number of halogens is 1. The van der Waals surface area contributed by atoms with Crippen LogP contribution < -0.4 is 16.4 Å². The van der Waals surface area contributed by atoms with Crippen molar-refractivity contribution >= 4 is 23.2 Å². The number of aromatic nitrogens is 4. The second kappa shape index (κ2) is 8.36. The van der Waals surface area contributed by atoms with Crippen LogP contribution in [0, 0.1) is 5.82 Å². The lowest BCUT2D eigenvalue weighted by molar-refractivity contribution is -0.119. The van der Waals surface area contributed by atoms with Gasteiger partial charge in [0.15, 0.2) is 0 Å². The van der Waals surface area contributed by atoms with E-state index in [4.69, 9.17) is 5.73 Å². The van der Waals surface area contributed by atoms with Crippen LogP contribution in [0.2, 0.25) is 0 Å². The van der Waals surface area contributed by atoms with E-state index < -0.39 is 11.4 Å². The van der Waals surface area contributed by atoms with Gasteiger partial charge >= 0.3 is 0 Å². The van der Waals surface area contributed by atoms with Crippen LogP contribution in [0.5, 0.6) is 0 Å². The van der Waals surface area contributed by atoms with Crippen LogP contribution in [0.4, 0.5) is 10.3 Å². The van der Waals surface area contributed by atoms with Crippen LogP contribution in [0.1, 0.15) is 24.4 Å². The Labute approximate surface area is 165 Å². The maximum Gasteiger partial charge on any atom is 0.234 e. The van der Waals surface area contributed by atoms with Crippen molar-refractivity contribution in [2.75, 3.05) is 11.9 Å². The second-order valence-electron chi connectivity index (χ2n) is 6.49. The smallest absolute Gasteiger partial charge is 0.234 e. The highest BCUT2D eigenvalue weighted by Crippen LogP contribution is 2.27. The Kier molecular flexibility index (Phi) is 5.90. The molecule has 3 heterocycles. The van der Waals surface area contributed by atoms with E-state index in [9.17, 15) is 9.18 Å². The number of thiazole rings is 1. The van der Waals surface area contributed by atoms with Gasteiger partial charge in [0.2, 0.25) is 11.9 Å². The zero-order valence-electron chi connectivity index (χ0n) is 15.4. The molecule has 0 fully saturated rings. The summed E-state index contributed by atoms with van der Waals surface area (Å²) in [6.45, 7) is 3.93. The fourth-order valence-corrected chi connectivity index (χ4v) is 3.29. The average molecular weight is 401 g/mol. The summed E-state index contributed by atoms with van der Waals surface area (Å²) in [5.74, 6) is -0.264. The molecule has 0 radical (unpaired) electrons. The highest BCUT2D eigenvalue weighted by molar-refractivity contribution is 7.15. The molecule has 0 aliphatic heterocycles. The fourth-order valence-electron chi connectivity index (χ4n) is 2.47. The molecule has 0 aliphatic carbocycles. The Morgan fingerprint density at radius 1 is 1.21 bits per heavy atom. The van der Waals surface area contributed by atoms with Gasteiger partial charge in [0.25, 0.3) is 0 Å². The predicted molar refractivity (Wildman–Crippen MR) is 105 cm³/mol. The van der Waals surface area contributed by atoms with Crippen LogP contribution >= 0.6 is 11.3 Å². The largest absolute Gasteiger partial charge is 0.350 e. The maximum atomic E-state index is 14.0. The van der Waals surface area contributed by atoms with Crippen LogP contribution in [0.15, 0.2) is 36.9 Å². The monoisotopic (exact) mass is 401 g/mol. The third-order valence-corrected chi connectivity index (χ3v) is 4.92. The molecule has 0 atom stereocenters. The van der Waals surface area contributed by atoms with E-state index in [0.717, 1.165) is 15.4 Å². The highest BCUT2D eigenvalue weighted by atomic mass is 32.1. The minimum Gasteiger partial charge on any atom is -0.350 e. The number of nitrogens with two attached hydrogens (primary N) is 1. The molecular weight excluding hydrogens is 381 g/mol. The summed E-state index contributed by atoms with van der Waals surface area (Å²) >= 11 is 1.43. The third-order valence-electron chi connectivity index (χ3n) is 3.87. The molecule has 0 aliphatic rings. The number of amides is 1. The number of pyridine rings is 1. The number of anilines is 1. The van der Waals surface area contributed by atoms with Gasteiger partial charge in [-0.25, -0.2) is 19.3 Å². The molecule has 3 rings (SSSR count). The van der Waals surface area contributed by atoms with Crippen molar-refractivity contribution in [1.82, 2.24) is 25.3 Å². The quantitative estimate of drug-likeness (QED) is 0.554. The second-order valence-corrected chi connectivity index (χ2v) is 7.61. The summed E-state index contributed by atoms with van der Waals surface area (Å²) in [5.41, 5.74) is 5.50. The zero-order valence-corrected chi connectivity index (χ0v) is 16.3. The molecule has 10 heteroatoms. The minimum absolute atomic E-state index is 0.0489. The Balaban J connectivity index is 1.69. The van der Waals surface area contributed by atoms with E-state index in [1.54, 1.807) is 44.7 Å². The number of nitrogens with zero attached hydrogens (tertiary/aromatic N) is 4. The molecule has 4 N–H and O–H groups in total. The first-order valence-electron chi connectivity index (χ1n) is 8.52. The van der Waals surface area contributed by atoms with Gasteiger partial charge in [-0.05, 0) is 26.0 Å². The van der Waals surface area contributed by atoms with Crippen molar-refractivity contribution in [2.24, 2.45) is 5.73 Å². The van der Waals surface area contributed by atoms with Crippen LogP contribution in [0.25, 0.3) is 10.6 Å². The van der Waals surface area contributed by atoms with Crippen molar-refractivity contribution in [2.45, 2.75) is 25.9 Å². The molecule has 0 spiro atoms. The lowest BCUT2D eigenvalue weighted by atomic mass is 9.99. The summed E-state index contributed by atoms with van der Waals surface area (Å²) in [6, 6.07) is 2.91. The molecule has 3 aromatic rings. The van der Waals surface area contributed by atoms with Crippen molar-refractivity contribution in [3.8, 4) is 10.6 Å². The Bertz CT molecular complexity index is 959. The molecule has 0 saturated heterocycles. The fraction of sp³-hybridized carbons (Fsp3) is 0.278. The number of rotatable bonds is 7. The van der Waals surface area contributed by atoms with E-state index in [-0.39, 0.29) is 18.1 Å². The molecular formula is C18H20FN7OS. The average Bonchev–Trinajstić information content (AvgIpc) is 3.15. The molecule has 0 bridgehead atoms. The minimum atomic E-state index is -0.789. The van der Waals surface area contributed by atoms with E-state index in [1.807, 2.05) is 0 Å². The van der Waals surface area contributed by atoms with Gasteiger partial charge in [0, 0.05) is 35.2 Å². The highest BCUT2D eigenvalue weighted by Gasteiger charge is 2.26. The molecule has 1 amide bonds. The van der Waals surface area contributed by atoms with Gasteiger partial charge in [-0.2, -0.15) is 0 Å². The lowest BCUT2D eigenvalue weighted by Gasteiger charge is -2.25. The first kappa shape index (κ1) is 19.8. The van der Waals surface area contributed by atoms with Crippen molar-refractivity contribution in [3.05, 3.63) is 53.3 Å². The Morgan fingerprint density at radius 2 is 1.96 bits per heavy atom. The van der Waals surface area contributed by atoms with E-state index >= 15 is 0 Å². The number of carbonyl (C=O) groups excluding carboxylic acids is 1. The van der Waals surface area contributed by atoms with Gasteiger partial charge in [-0.15, -0.1) is 11.3 Å². The molecule has 0 saturated carbocycles. The molecule has 3 aromatic heterocycles. The van der Waals surface area contributed by atoms with E-state index in [0.29, 0.717) is 12.5 Å². The van der Waals surface area contributed by atoms with Crippen LogP contribution in [-0.4, -0.2) is 32.4 Å². The van der Waals surface area contributed by atoms with Crippen LogP contribution in [-0.2, 0) is 16.9 Å². The van der Waals surface area contributed by atoms with E-state index in [2.05, 4.69) is 30.6 Å². The van der Waals surface area contributed by atoms with Crippen molar-refractivity contribution in [3.63, 3.8) is 0 Å². The Morgan fingerprint density at radius 3 is 2.64 bits per heavy atom. The van der Waals surface area contributed by atoms with Gasteiger partial charge in [-0.1, -0.05) is 0 Å². The number of hydrogen-bond donors (Lipinski definition) is 3. The molecule has 8 nitrogen and oxygen atoms in total. The molecule has 0 unspecified atom stereocenters. The molecule has 0 aromatic carbocycles. The Hall–Kier alpha value is -2.98. The maximum absolute atomic E-state index is 14.0. The van der Waals surface area contributed by atoms with Gasteiger partial charge in [0.1, 0.15) is 16.5 Å². The van der Waals surface area contributed by atoms with Crippen LogP contribution in [0.3, 0.4) is 0 Å². The summed E-state index contributed by atoms with van der Waals surface area (Å²) < 4.78 is 14.0. The van der Waals surface area contributed by atoms with Gasteiger partial charge in [0.05, 0.1) is 18.6 Å². The lowest BCUT2D eigenvalue weighted by Crippen LogP contribution is -2.31. The standard InChI is InChI=1S/C18H20FN7OS/c1-18(2,15-13(19)4-3-5-21-15)26-17-24-7-11(8-25-17)16-23-10-12(28-16)9-22-14(27)6-20/h3-5,7-8,10H,6,9,20H2,1-2H3,(H,22,27)(H,24,25,26).